The van der Waals surface area contributed by atoms with E-state index in [1.54, 1.807) is 18.5 Å². The van der Waals surface area contributed by atoms with Gasteiger partial charge in [-0.1, -0.05) is 12.1 Å². The minimum atomic E-state index is -0.132. The third-order valence-electron chi connectivity index (χ3n) is 4.33. The van der Waals surface area contributed by atoms with E-state index in [0.29, 0.717) is 18.6 Å². The molecular formula is C18H23ClFN3. The highest BCUT2D eigenvalue weighted by atomic mass is 35.5. The van der Waals surface area contributed by atoms with Crippen LogP contribution in [0.15, 0.2) is 42.7 Å². The SMILES string of the molecule is CC1CN(Cc2ccc(-c3ccncc3)cc2F)C(C)CN1.Cl. The number of rotatable bonds is 3. The fourth-order valence-corrected chi connectivity index (χ4v) is 2.94. The van der Waals surface area contributed by atoms with Gasteiger partial charge in [-0.15, -0.1) is 12.4 Å². The molecule has 0 saturated carbocycles. The second-order valence-corrected chi connectivity index (χ2v) is 6.13. The molecule has 0 bridgehead atoms. The largest absolute Gasteiger partial charge is 0.311 e. The van der Waals surface area contributed by atoms with Gasteiger partial charge in [-0.2, -0.15) is 0 Å². The highest BCUT2D eigenvalue weighted by molar-refractivity contribution is 5.85. The molecule has 1 N–H and O–H groups in total. The first-order valence-electron chi connectivity index (χ1n) is 7.80. The Morgan fingerprint density at radius 3 is 2.61 bits per heavy atom. The molecule has 23 heavy (non-hydrogen) atoms. The van der Waals surface area contributed by atoms with Gasteiger partial charge in [0.15, 0.2) is 0 Å². The van der Waals surface area contributed by atoms with Crippen LogP contribution >= 0.6 is 12.4 Å². The number of pyridine rings is 1. The normalized spacial score (nSPS) is 21.7. The summed E-state index contributed by atoms with van der Waals surface area (Å²) >= 11 is 0. The van der Waals surface area contributed by atoms with Crippen LogP contribution in [0.5, 0.6) is 0 Å². The smallest absolute Gasteiger partial charge is 0.128 e. The first-order chi connectivity index (χ1) is 10.6. The van der Waals surface area contributed by atoms with Crippen molar-refractivity contribution in [3.63, 3.8) is 0 Å². The summed E-state index contributed by atoms with van der Waals surface area (Å²) in [6, 6.07) is 10.2. The molecule has 0 spiro atoms. The summed E-state index contributed by atoms with van der Waals surface area (Å²) in [7, 11) is 0. The molecule has 0 amide bonds. The minimum Gasteiger partial charge on any atom is -0.311 e. The van der Waals surface area contributed by atoms with E-state index in [0.717, 1.165) is 29.8 Å². The van der Waals surface area contributed by atoms with E-state index in [9.17, 15) is 4.39 Å². The fourth-order valence-electron chi connectivity index (χ4n) is 2.94. The molecule has 3 rings (SSSR count). The van der Waals surface area contributed by atoms with Crippen LogP contribution in [0, 0.1) is 5.82 Å². The number of piperazine rings is 1. The van der Waals surface area contributed by atoms with Crippen LogP contribution in [0.3, 0.4) is 0 Å². The number of halogens is 2. The van der Waals surface area contributed by atoms with Gasteiger partial charge in [-0.25, -0.2) is 4.39 Å². The Morgan fingerprint density at radius 2 is 1.91 bits per heavy atom. The van der Waals surface area contributed by atoms with Crippen LogP contribution in [-0.2, 0) is 6.54 Å². The van der Waals surface area contributed by atoms with Crippen molar-refractivity contribution in [2.24, 2.45) is 0 Å². The summed E-state index contributed by atoms with van der Waals surface area (Å²) in [4.78, 5) is 6.34. The number of nitrogens with zero attached hydrogens (tertiary/aromatic N) is 2. The predicted octanol–water partition coefficient (Wildman–Crippen LogP) is 3.49. The van der Waals surface area contributed by atoms with E-state index < -0.39 is 0 Å². The first-order valence-corrected chi connectivity index (χ1v) is 7.80. The Balaban J connectivity index is 0.00000192. The Hall–Kier alpha value is -1.49. The maximum atomic E-state index is 14.5. The van der Waals surface area contributed by atoms with E-state index >= 15 is 0 Å². The average Bonchev–Trinajstić information content (AvgIpc) is 2.53. The Labute approximate surface area is 143 Å². The molecule has 124 valence electrons. The lowest BCUT2D eigenvalue weighted by molar-refractivity contribution is 0.137. The summed E-state index contributed by atoms with van der Waals surface area (Å²) in [5.74, 6) is -0.132. The summed E-state index contributed by atoms with van der Waals surface area (Å²) in [6.07, 6.45) is 3.45. The number of nitrogens with one attached hydrogen (secondary N) is 1. The van der Waals surface area contributed by atoms with Gasteiger partial charge in [0.1, 0.15) is 5.82 Å². The van der Waals surface area contributed by atoms with Crippen molar-refractivity contribution < 1.29 is 4.39 Å². The summed E-state index contributed by atoms with van der Waals surface area (Å²) in [5, 5.41) is 3.45. The molecular weight excluding hydrogens is 313 g/mol. The molecule has 1 aromatic carbocycles. The Bertz CT molecular complexity index is 635. The second kappa shape index (κ2) is 7.86. The topological polar surface area (TPSA) is 28.2 Å². The molecule has 1 aliphatic rings. The van der Waals surface area contributed by atoms with Gasteiger partial charge in [0.25, 0.3) is 0 Å². The van der Waals surface area contributed by atoms with Gasteiger partial charge in [-0.05, 0) is 43.2 Å². The van der Waals surface area contributed by atoms with Gasteiger partial charge in [0, 0.05) is 49.7 Å². The van der Waals surface area contributed by atoms with Gasteiger partial charge < -0.3 is 5.32 Å². The van der Waals surface area contributed by atoms with Crippen LogP contribution in [-0.4, -0.2) is 35.1 Å². The van der Waals surface area contributed by atoms with Crippen molar-refractivity contribution in [3.05, 3.63) is 54.1 Å². The lowest BCUT2D eigenvalue weighted by atomic mass is 10.0. The van der Waals surface area contributed by atoms with E-state index in [1.165, 1.54) is 0 Å². The maximum Gasteiger partial charge on any atom is 0.128 e. The van der Waals surface area contributed by atoms with Crippen LogP contribution in [0.1, 0.15) is 19.4 Å². The van der Waals surface area contributed by atoms with E-state index in [2.05, 4.69) is 29.0 Å². The van der Waals surface area contributed by atoms with Crippen molar-refractivity contribution in [3.8, 4) is 11.1 Å². The average molecular weight is 336 g/mol. The zero-order chi connectivity index (χ0) is 15.5. The second-order valence-electron chi connectivity index (χ2n) is 6.13. The van der Waals surface area contributed by atoms with E-state index in [1.807, 2.05) is 24.3 Å². The van der Waals surface area contributed by atoms with Crippen molar-refractivity contribution in [1.82, 2.24) is 15.2 Å². The third kappa shape index (κ3) is 4.28. The molecule has 5 heteroatoms. The predicted molar refractivity (Wildman–Crippen MR) is 94.2 cm³/mol. The Morgan fingerprint density at radius 1 is 1.17 bits per heavy atom. The number of benzene rings is 1. The maximum absolute atomic E-state index is 14.5. The highest BCUT2D eigenvalue weighted by Gasteiger charge is 2.23. The quantitative estimate of drug-likeness (QED) is 0.930. The number of aromatic nitrogens is 1. The molecule has 3 nitrogen and oxygen atoms in total. The van der Waals surface area contributed by atoms with Gasteiger partial charge in [0.05, 0.1) is 0 Å². The van der Waals surface area contributed by atoms with Crippen molar-refractivity contribution in [2.45, 2.75) is 32.5 Å². The monoisotopic (exact) mass is 335 g/mol. The molecule has 1 fully saturated rings. The molecule has 2 unspecified atom stereocenters. The van der Waals surface area contributed by atoms with Crippen molar-refractivity contribution in [2.75, 3.05) is 13.1 Å². The standard InChI is InChI=1S/C18H22FN3.ClH/c1-13-11-22(14(2)10-21-13)12-17-4-3-16(9-18(17)19)15-5-7-20-8-6-15;/h3-9,13-14,21H,10-12H2,1-2H3;1H. The molecule has 0 aliphatic carbocycles. The van der Waals surface area contributed by atoms with Gasteiger partial charge in [0.2, 0.25) is 0 Å². The molecule has 1 saturated heterocycles. The third-order valence-corrected chi connectivity index (χ3v) is 4.33. The van der Waals surface area contributed by atoms with E-state index in [4.69, 9.17) is 0 Å². The molecule has 0 radical (unpaired) electrons. The first kappa shape index (κ1) is 17.9. The lowest BCUT2D eigenvalue weighted by Crippen LogP contribution is -2.53. The van der Waals surface area contributed by atoms with E-state index in [-0.39, 0.29) is 18.2 Å². The molecule has 2 atom stereocenters. The van der Waals surface area contributed by atoms with Crippen molar-refractivity contribution in [1.29, 1.82) is 0 Å². The van der Waals surface area contributed by atoms with Crippen molar-refractivity contribution >= 4 is 12.4 Å². The van der Waals surface area contributed by atoms with Crippen LogP contribution < -0.4 is 5.32 Å². The van der Waals surface area contributed by atoms with Crippen LogP contribution in [0.4, 0.5) is 4.39 Å². The van der Waals surface area contributed by atoms with Crippen LogP contribution in [0.2, 0.25) is 0 Å². The molecule has 1 aromatic heterocycles. The lowest BCUT2D eigenvalue weighted by Gasteiger charge is -2.37. The summed E-state index contributed by atoms with van der Waals surface area (Å²) in [6.45, 7) is 6.92. The highest BCUT2D eigenvalue weighted by Crippen LogP contribution is 2.23. The summed E-state index contributed by atoms with van der Waals surface area (Å²) in [5.41, 5.74) is 2.65. The summed E-state index contributed by atoms with van der Waals surface area (Å²) < 4.78 is 14.5. The molecule has 1 aliphatic heterocycles. The van der Waals surface area contributed by atoms with Crippen LogP contribution in [0.25, 0.3) is 11.1 Å². The fraction of sp³-hybridized carbons (Fsp3) is 0.389. The number of hydrogen-bond acceptors (Lipinski definition) is 3. The van der Waals surface area contributed by atoms with Gasteiger partial charge in [-0.3, -0.25) is 9.88 Å². The number of hydrogen-bond donors (Lipinski definition) is 1. The molecule has 2 heterocycles. The molecule has 2 aromatic rings. The Kier molecular flexibility index (Phi) is 6.10. The van der Waals surface area contributed by atoms with Gasteiger partial charge >= 0.3 is 0 Å². The zero-order valence-corrected chi connectivity index (χ0v) is 14.3. The minimum absolute atomic E-state index is 0. The zero-order valence-electron chi connectivity index (χ0n) is 13.5.